The molecule has 100 valence electrons. The van der Waals surface area contributed by atoms with Crippen LogP contribution in [0.5, 0.6) is 0 Å². The maximum atomic E-state index is 12.3. The topological polar surface area (TPSA) is 35.5 Å². The average Bonchev–Trinajstić information content (AvgIpc) is 2.46. The molecule has 3 heteroatoms. The van der Waals surface area contributed by atoms with Crippen molar-refractivity contribution in [3.63, 3.8) is 0 Å². The van der Waals surface area contributed by atoms with Crippen LogP contribution in [0.2, 0.25) is 0 Å². The summed E-state index contributed by atoms with van der Waals surface area (Å²) < 4.78 is 10.7. The molecule has 0 heterocycles. The minimum atomic E-state index is -0.809. The summed E-state index contributed by atoms with van der Waals surface area (Å²) >= 11 is 0. The van der Waals surface area contributed by atoms with Gasteiger partial charge in [0.25, 0.3) is 0 Å². The number of ketones is 1. The number of hydrogen-bond donors (Lipinski definition) is 0. The minimum absolute atomic E-state index is 0.130. The first-order chi connectivity index (χ1) is 9.26. The van der Waals surface area contributed by atoms with Crippen molar-refractivity contribution >= 4 is 16.6 Å². The highest BCUT2D eigenvalue weighted by Gasteiger charge is 2.20. The van der Waals surface area contributed by atoms with Gasteiger partial charge in [-0.3, -0.25) is 4.79 Å². The van der Waals surface area contributed by atoms with Gasteiger partial charge in [0.1, 0.15) is 0 Å². The Kier molecular flexibility index (Phi) is 4.66. The molecule has 0 unspecified atom stereocenters. The fourth-order valence-electron chi connectivity index (χ4n) is 1.98. The highest BCUT2D eigenvalue weighted by molar-refractivity contribution is 6.01. The van der Waals surface area contributed by atoms with E-state index in [1.165, 1.54) is 0 Å². The molecule has 0 saturated heterocycles. The number of carbonyl (C=O) groups is 1. The summed E-state index contributed by atoms with van der Waals surface area (Å²) in [4.78, 5) is 12.3. The Morgan fingerprint density at radius 3 is 2.26 bits per heavy atom. The van der Waals surface area contributed by atoms with Crippen LogP contribution in [-0.2, 0) is 9.47 Å². The Labute approximate surface area is 113 Å². The number of fused-ring (bicyclic) bond motifs is 1. The van der Waals surface area contributed by atoms with Gasteiger partial charge in [-0.2, -0.15) is 0 Å². The van der Waals surface area contributed by atoms with Gasteiger partial charge in [0.15, 0.2) is 0 Å². The second-order valence-electron chi connectivity index (χ2n) is 4.17. The van der Waals surface area contributed by atoms with E-state index in [2.05, 4.69) is 0 Å². The summed E-state index contributed by atoms with van der Waals surface area (Å²) in [5.74, 6) is -0.130. The molecule has 0 aliphatic heterocycles. The molecule has 0 saturated carbocycles. The average molecular weight is 258 g/mol. The zero-order valence-electron chi connectivity index (χ0n) is 11.3. The normalized spacial score (nSPS) is 11.1. The minimum Gasteiger partial charge on any atom is -0.346 e. The predicted molar refractivity (Wildman–Crippen MR) is 75.3 cm³/mol. The van der Waals surface area contributed by atoms with Crippen LogP contribution in [0.3, 0.4) is 0 Å². The zero-order valence-corrected chi connectivity index (χ0v) is 11.3. The van der Waals surface area contributed by atoms with E-state index in [0.717, 1.165) is 10.8 Å². The lowest BCUT2D eigenvalue weighted by atomic mass is 10.0. The van der Waals surface area contributed by atoms with E-state index in [1.54, 1.807) is 0 Å². The van der Waals surface area contributed by atoms with Crippen molar-refractivity contribution in [1.82, 2.24) is 0 Å². The third kappa shape index (κ3) is 3.19. The van der Waals surface area contributed by atoms with Crippen molar-refractivity contribution < 1.29 is 14.3 Å². The standard InChI is InChI=1S/C16H18O3/c1-3-18-16(19-4-2)15(17)14-10-9-12-7-5-6-8-13(12)11-14/h5-11,16H,3-4H2,1-2H3. The van der Waals surface area contributed by atoms with Crippen LogP contribution in [0.25, 0.3) is 10.8 Å². The number of hydrogen-bond acceptors (Lipinski definition) is 3. The first-order valence-electron chi connectivity index (χ1n) is 6.52. The van der Waals surface area contributed by atoms with Crippen LogP contribution >= 0.6 is 0 Å². The summed E-state index contributed by atoms with van der Waals surface area (Å²) in [6, 6.07) is 13.6. The van der Waals surface area contributed by atoms with Crippen molar-refractivity contribution in [3.8, 4) is 0 Å². The molecule has 0 spiro atoms. The van der Waals surface area contributed by atoms with E-state index in [-0.39, 0.29) is 5.78 Å². The largest absolute Gasteiger partial charge is 0.346 e. The van der Waals surface area contributed by atoms with Crippen LogP contribution in [0.4, 0.5) is 0 Å². The quantitative estimate of drug-likeness (QED) is 0.588. The molecule has 2 aromatic carbocycles. The van der Waals surface area contributed by atoms with E-state index in [0.29, 0.717) is 18.8 Å². The lowest BCUT2D eigenvalue weighted by Gasteiger charge is -2.15. The highest BCUT2D eigenvalue weighted by atomic mass is 16.7. The zero-order chi connectivity index (χ0) is 13.7. The Morgan fingerprint density at radius 1 is 1.00 bits per heavy atom. The highest BCUT2D eigenvalue weighted by Crippen LogP contribution is 2.17. The first kappa shape index (κ1) is 13.7. The van der Waals surface area contributed by atoms with Crippen molar-refractivity contribution in [2.45, 2.75) is 20.1 Å². The molecule has 3 nitrogen and oxygen atoms in total. The van der Waals surface area contributed by atoms with Crippen molar-refractivity contribution in [3.05, 3.63) is 48.0 Å². The van der Waals surface area contributed by atoms with Gasteiger partial charge in [0.2, 0.25) is 12.1 Å². The molecule has 0 N–H and O–H groups in total. The molecule has 0 aliphatic rings. The summed E-state index contributed by atoms with van der Waals surface area (Å²) in [6.45, 7) is 4.59. The van der Waals surface area contributed by atoms with E-state index < -0.39 is 6.29 Å². The molecule has 0 aromatic heterocycles. The fraction of sp³-hybridized carbons (Fsp3) is 0.312. The Bertz CT molecular complexity index is 557. The van der Waals surface area contributed by atoms with Crippen LogP contribution in [0.1, 0.15) is 24.2 Å². The van der Waals surface area contributed by atoms with Gasteiger partial charge in [-0.1, -0.05) is 36.4 Å². The second kappa shape index (κ2) is 6.45. The predicted octanol–water partition coefficient (Wildman–Crippen LogP) is 3.42. The van der Waals surface area contributed by atoms with Gasteiger partial charge in [-0.05, 0) is 30.7 Å². The molecule has 19 heavy (non-hydrogen) atoms. The lowest BCUT2D eigenvalue weighted by molar-refractivity contribution is -0.107. The van der Waals surface area contributed by atoms with Crippen molar-refractivity contribution in [2.75, 3.05) is 13.2 Å². The van der Waals surface area contributed by atoms with Gasteiger partial charge in [-0.25, -0.2) is 0 Å². The maximum Gasteiger partial charge on any atom is 0.222 e. The monoisotopic (exact) mass is 258 g/mol. The second-order valence-corrected chi connectivity index (χ2v) is 4.17. The molecule has 0 amide bonds. The van der Waals surface area contributed by atoms with Gasteiger partial charge in [-0.15, -0.1) is 0 Å². The number of rotatable bonds is 6. The van der Waals surface area contributed by atoms with Gasteiger partial charge in [0.05, 0.1) is 0 Å². The van der Waals surface area contributed by atoms with Gasteiger partial charge < -0.3 is 9.47 Å². The Hall–Kier alpha value is -1.71. The van der Waals surface area contributed by atoms with Crippen molar-refractivity contribution in [1.29, 1.82) is 0 Å². The molecule has 0 aliphatic carbocycles. The van der Waals surface area contributed by atoms with Crippen LogP contribution in [0, 0.1) is 0 Å². The summed E-state index contributed by atoms with van der Waals surface area (Å²) in [5.41, 5.74) is 0.616. The van der Waals surface area contributed by atoms with Crippen LogP contribution in [0.15, 0.2) is 42.5 Å². The van der Waals surface area contributed by atoms with Crippen LogP contribution < -0.4 is 0 Å². The molecule has 2 aromatic rings. The number of Topliss-reactive ketones (excluding diaryl/α,β-unsaturated/α-hetero) is 1. The summed E-state index contributed by atoms with van der Waals surface area (Å²) in [5, 5.41) is 2.16. The maximum absolute atomic E-state index is 12.3. The van der Waals surface area contributed by atoms with E-state index in [1.807, 2.05) is 56.3 Å². The van der Waals surface area contributed by atoms with E-state index in [4.69, 9.17) is 9.47 Å². The molecule has 0 fully saturated rings. The van der Waals surface area contributed by atoms with E-state index in [9.17, 15) is 4.79 Å². The Morgan fingerprint density at radius 2 is 1.63 bits per heavy atom. The van der Waals surface area contributed by atoms with Gasteiger partial charge >= 0.3 is 0 Å². The SMILES string of the molecule is CCOC(OCC)C(=O)c1ccc2ccccc2c1. The molecule has 0 atom stereocenters. The Balaban J connectivity index is 2.29. The third-order valence-corrected chi connectivity index (χ3v) is 2.88. The molecule has 0 bridgehead atoms. The first-order valence-corrected chi connectivity index (χ1v) is 6.52. The molecule has 0 radical (unpaired) electrons. The lowest BCUT2D eigenvalue weighted by Crippen LogP contribution is -2.27. The van der Waals surface area contributed by atoms with Gasteiger partial charge in [0, 0.05) is 18.8 Å². The number of carbonyl (C=O) groups excluding carboxylic acids is 1. The summed E-state index contributed by atoms with van der Waals surface area (Å²) in [7, 11) is 0. The fourth-order valence-corrected chi connectivity index (χ4v) is 1.98. The smallest absolute Gasteiger partial charge is 0.222 e. The molecule has 2 rings (SSSR count). The van der Waals surface area contributed by atoms with Crippen LogP contribution in [-0.4, -0.2) is 25.3 Å². The third-order valence-electron chi connectivity index (χ3n) is 2.88. The number of benzene rings is 2. The van der Waals surface area contributed by atoms with E-state index >= 15 is 0 Å². The number of ether oxygens (including phenoxy) is 2. The molecular formula is C16H18O3. The van der Waals surface area contributed by atoms with Crippen molar-refractivity contribution in [2.24, 2.45) is 0 Å². The molecular weight excluding hydrogens is 240 g/mol. The summed E-state index contributed by atoms with van der Waals surface area (Å²) in [6.07, 6.45) is -0.809.